The van der Waals surface area contributed by atoms with Crippen LogP contribution in [0.1, 0.15) is 13.8 Å². The third-order valence-electron chi connectivity index (χ3n) is 3.96. The highest BCUT2D eigenvalue weighted by Crippen LogP contribution is 2.18. The Bertz CT molecular complexity index is 982. The zero-order valence-electron chi connectivity index (χ0n) is 16.7. The van der Waals surface area contributed by atoms with Crippen LogP contribution in [-0.2, 0) is 24.3 Å². The summed E-state index contributed by atoms with van der Waals surface area (Å²) in [6, 6.07) is 11.5. The molecule has 1 atom stereocenters. The number of hydrogen-bond acceptors (Lipinski definition) is 6. The van der Waals surface area contributed by atoms with Crippen molar-refractivity contribution < 1.29 is 36.3 Å². The molecule has 8 nitrogen and oxygen atoms in total. The van der Waals surface area contributed by atoms with Gasteiger partial charge in [-0.3, -0.25) is 9.59 Å². The van der Waals surface area contributed by atoms with Crippen LogP contribution in [0, 0.1) is 5.92 Å². The maximum absolute atomic E-state index is 12.5. The topological polar surface area (TPSA) is 111 Å². The lowest BCUT2D eigenvalue weighted by Gasteiger charge is -2.20. The van der Waals surface area contributed by atoms with Gasteiger partial charge in [-0.05, 0) is 42.3 Å². The van der Waals surface area contributed by atoms with Crippen LogP contribution < -0.4 is 14.8 Å². The van der Waals surface area contributed by atoms with Crippen molar-refractivity contribution in [2.45, 2.75) is 31.4 Å². The first-order valence-electron chi connectivity index (χ1n) is 9.17. The summed E-state index contributed by atoms with van der Waals surface area (Å²) in [4.78, 5) is 24.4. The van der Waals surface area contributed by atoms with Crippen molar-refractivity contribution in [3.8, 4) is 5.75 Å². The van der Waals surface area contributed by atoms with Crippen molar-refractivity contribution in [3.63, 3.8) is 0 Å². The van der Waals surface area contributed by atoms with Crippen molar-refractivity contribution in [2.24, 2.45) is 5.92 Å². The van der Waals surface area contributed by atoms with Crippen LogP contribution in [-0.4, -0.2) is 39.6 Å². The van der Waals surface area contributed by atoms with Crippen LogP contribution in [0.3, 0.4) is 0 Å². The second-order valence-corrected chi connectivity index (χ2v) is 8.43. The number of rotatable bonds is 10. The number of sulfonamides is 1. The first kappa shape index (κ1) is 24.2. The Morgan fingerprint density at radius 2 is 1.61 bits per heavy atom. The molecule has 2 aromatic rings. The fourth-order valence-electron chi connectivity index (χ4n) is 2.43. The molecule has 31 heavy (non-hydrogen) atoms. The number of carbonyl (C=O) groups excluding carboxylic acids is 2. The molecular formula is C20H22F2N2O6S. The van der Waals surface area contributed by atoms with E-state index in [0.29, 0.717) is 0 Å². The van der Waals surface area contributed by atoms with Gasteiger partial charge in [0.2, 0.25) is 10.0 Å². The highest BCUT2D eigenvalue weighted by Gasteiger charge is 2.30. The highest BCUT2D eigenvalue weighted by molar-refractivity contribution is 7.89. The highest BCUT2D eigenvalue weighted by atomic mass is 32.2. The van der Waals surface area contributed by atoms with Gasteiger partial charge < -0.3 is 14.8 Å². The number of benzene rings is 2. The third-order valence-corrected chi connectivity index (χ3v) is 5.42. The van der Waals surface area contributed by atoms with Crippen LogP contribution in [0.15, 0.2) is 59.5 Å². The molecule has 0 saturated heterocycles. The number of halogens is 2. The zero-order chi connectivity index (χ0) is 23.0. The minimum atomic E-state index is -3.97. The molecule has 2 rings (SSSR count). The van der Waals surface area contributed by atoms with Crippen molar-refractivity contribution >= 4 is 27.6 Å². The molecule has 1 amide bonds. The zero-order valence-corrected chi connectivity index (χ0v) is 17.6. The van der Waals surface area contributed by atoms with Crippen LogP contribution in [0.25, 0.3) is 0 Å². The molecule has 2 N–H and O–H groups in total. The van der Waals surface area contributed by atoms with Gasteiger partial charge in [-0.25, -0.2) is 8.42 Å². The number of ether oxygens (including phenoxy) is 2. The summed E-state index contributed by atoms with van der Waals surface area (Å²) in [5, 5.41) is 2.42. The SMILES string of the molecule is CC(C)[C@H](NS(=O)(=O)c1ccccc1)C(=O)OCC(=O)Nc1ccc(OC(F)F)cc1. The summed E-state index contributed by atoms with van der Waals surface area (Å²) >= 11 is 0. The van der Waals surface area contributed by atoms with Gasteiger partial charge in [0.25, 0.3) is 5.91 Å². The molecule has 0 fully saturated rings. The fourth-order valence-corrected chi connectivity index (χ4v) is 3.79. The molecule has 0 saturated carbocycles. The molecule has 0 aliphatic rings. The Morgan fingerprint density at radius 1 is 1.00 bits per heavy atom. The molecule has 0 spiro atoms. The van der Waals surface area contributed by atoms with E-state index in [1.165, 1.54) is 36.4 Å². The summed E-state index contributed by atoms with van der Waals surface area (Å²) in [5.74, 6) is -2.13. The van der Waals surface area contributed by atoms with E-state index in [1.807, 2.05) is 0 Å². The predicted molar refractivity (Wildman–Crippen MR) is 108 cm³/mol. The van der Waals surface area contributed by atoms with E-state index in [9.17, 15) is 26.8 Å². The quantitative estimate of drug-likeness (QED) is 0.532. The molecule has 0 heterocycles. The lowest BCUT2D eigenvalue weighted by molar-refractivity contribution is -0.150. The van der Waals surface area contributed by atoms with Crippen LogP contribution >= 0.6 is 0 Å². The number of amides is 1. The van der Waals surface area contributed by atoms with Crippen molar-refractivity contribution in [1.82, 2.24) is 4.72 Å². The number of anilines is 1. The molecule has 2 aromatic carbocycles. The Morgan fingerprint density at radius 3 is 2.16 bits per heavy atom. The van der Waals surface area contributed by atoms with E-state index >= 15 is 0 Å². The fraction of sp³-hybridized carbons (Fsp3) is 0.300. The summed E-state index contributed by atoms with van der Waals surface area (Å²) in [6.45, 7) is -0.372. The van der Waals surface area contributed by atoms with E-state index in [-0.39, 0.29) is 16.3 Å². The summed E-state index contributed by atoms with van der Waals surface area (Å²) in [5.41, 5.74) is 0.271. The Labute approximate surface area is 178 Å². The van der Waals surface area contributed by atoms with Gasteiger partial charge in [-0.1, -0.05) is 32.0 Å². The van der Waals surface area contributed by atoms with E-state index < -0.39 is 47.1 Å². The largest absolute Gasteiger partial charge is 0.454 e. The maximum Gasteiger partial charge on any atom is 0.387 e. The van der Waals surface area contributed by atoms with E-state index in [1.54, 1.807) is 32.0 Å². The first-order valence-corrected chi connectivity index (χ1v) is 10.7. The lowest BCUT2D eigenvalue weighted by atomic mass is 10.1. The molecular weight excluding hydrogens is 434 g/mol. The van der Waals surface area contributed by atoms with E-state index in [2.05, 4.69) is 14.8 Å². The van der Waals surface area contributed by atoms with Crippen molar-refractivity contribution in [2.75, 3.05) is 11.9 Å². The first-order chi connectivity index (χ1) is 14.6. The molecule has 0 unspecified atom stereocenters. The predicted octanol–water partition coefficient (Wildman–Crippen LogP) is 2.77. The van der Waals surface area contributed by atoms with E-state index in [0.717, 1.165) is 0 Å². The Hall–Kier alpha value is -3.05. The van der Waals surface area contributed by atoms with Crippen LogP contribution in [0.5, 0.6) is 5.75 Å². The van der Waals surface area contributed by atoms with Gasteiger partial charge in [-0.2, -0.15) is 13.5 Å². The smallest absolute Gasteiger partial charge is 0.387 e. The van der Waals surface area contributed by atoms with Gasteiger partial charge in [0.05, 0.1) is 4.90 Å². The summed E-state index contributed by atoms with van der Waals surface area (Å²) < 4.78 is 60.7. The average Bonchev–Trinajstić information content (AvgIpc) is 2.72. The van der Waals surface area contributed by atoms with Crippen LogP contribution in [0.4, 0.5) is 14.5 Å². The average molecular weight is 456 g/mol. The lowest BCUT2D eigenvalue weighted by Crippen LogP contribution is -2.45. The minimum Gasteiger partial charge on any atom is -0.454 e. The van der Waals surface area contributed by atoms with Crippen molar-refractivity contribution in [3.05, 3.63) is 54.6 Å². The van der Waals surface area contributed by atoms with Gasteiger partial charge in [-0.15, -0.1) is 0 Å². The summed E-state index contributed by atoms with van der Waals surface area (Å²) in [6.07, 6.45) is 0. The number of hydrogen-bond donors (Lipinski definition) is 2. The van der Waals surface area contributed by atoms with Gasteiger partial charge in [0.1, 0.15) is 11.8 Å². The second-order valence-electron chi connectivity index (χ2n) is 6.71. The molecule has 0 aliphatic heterocycles. The second kappa shape index (κ2) is 10.8. The Kier molecular flexibility index (Phi) is 8.46. The third kappa shape index (κ3) is 7.61. The van der Waals surface area contributed by atoms with E-state index in [4.69, 9.17) is 4.74 Å². The molecule has 0 radical (unpaired) electrons. The number of alkyl halides is 2. The number of nitrogens with one attached hydrogen (secondary N) is 2. The molecule has 0 aliphatic carbocycles. The Balaban J connectivity index is 1.93. The summed E-state index contributed by atoms with van der Waals surface area (Å²) in [7, 11) is -3.97. The van der Waals surface area contributed by atoms with Gasteiger partial charge in [0, 0.05) is 5.69 Å². The van der Waals surface area contributed by atoms with Gasteiger partial charge >= 0.3 is 12.6 Å². The number of carbonyl (C=O) groups is 2. The van der Waals surface area contributed by atoms with Crippen molar-refractivity contribution in [1.29, 1.82) is 0 Å². The normalized spacial score (nSPS) is 12.5. The maximum atomic E-state index is 12.5. The molecule has 168 valence electrons. The number of esters is 1. The minimum absolute atomic E-state index is 0.00883. The molecule has 11 heteroatoms. The van der Waals surface area contributed by atoms with Crippen LogP contribution in [0.2, 0.25) is 0 Å². The molecule has 0 bridgehead atoms. The standard InChI is InChI=1S/C20H22F2N2O6S/c1-13(2)18(24-31(27,28)16-6-4-3-5-7-16)19(26)29-12-17(25)23-14-8-10-15(11-9-14)30-20(21)22/h3-11,13,18,20,24H,12H2,1-2H3,(H,23,25)/t18-/m0/s1. The molecule has 0 aromatic heterocycles. The van der Waals surface area contributed by atoms with Gasteiger partial charge in [0.15, 0.2) is 6.61 Å². The monoisotopic (exact) mass is 456 g/mol.